The lowest BCUT2D eigenvalue weighted by Gasteiger charge is -2.24. The van der Waals surface area contributed by atoms with Gasteiger partial charge in [-0.15, -0.1) is 0 Å². The van der Waals surface area contributed by atoms with Crippen molar-refractivity contribution in [3.63, 3.8) is 0 Å². The molecule has 0 saturated carbocycles. The van der Waals surface area contributed by atoms with Crippen LogP contribution in [-0.4, -0.2) is 24.0 Å². The standard InChI is InChI=1S/C24H20F4N2O2/c25-19-4-1-16(2-5-19)13-23(31)30(21-7-8-22-17(14-21)10-12-32-22)11-9-20-6-3-18(15-29-20)24(26,27)28/h1-8,14-15H,9-13H2. The van der Waals surface area contributed by atoms with Crippen molar-refractivity contribution in [1.82, 2.24) is 4.98 Å². The number of halogens is 4. The molecule has 0 radical (unpaired) electrons. The fourth-order valence-corrected chi connectivity index (χ4v) is 3.58. The molecule has 3 aromatic rings. The maximum Gasteiger partial charge on any atom is 0.417 e. The predicted octanol–water partition coefficient (Wildman–Crippen LogP) is 4.99. The number of carbonyl (C=O) groups excluding carboxylic acids is 1. The molecule has 0 unspecified atom stereocenters. The number of fused-ring (bicyclic) bond motifs is 1. The van der Waals surface area contributed by atoms with Crippen LogP contribution in [0.15, 0.2) is 60.8 Å². The van der Waals surface area contributed by atoms with E-state index in [0.29, 0.717) is 23.6 Å². The molecule has 2 aromatic carbocycles. The van der Waals surface area contributed by atoms with Crippen LogP contribution in [0, 0.1) is 5.82 Å². The van der Waals surface area contributed by atoms with E-state index in [2.05, 4.69) is 4.98 Å². The first kappa shape index (κ1) is 21.8. The van der Waals surface area contributed by atoms with Gasteiger partial charge in [-0.3, -0.25) is 9.78 Å². The van der Waals surface area contributed by atoms with Gasteiger partial charge < -0.3 is 9.64 Å². The summed E-state index contributed by atoms with van der Waals surface area (Å²) in [5, 5.41) is 0. The summed E-state index contributed by atoms with van der Waals surface area (Å²) in [5.41, 5.74) is 1.97. The van der Waals surface area contributed by atoms with Crippen molar-refractivity contribution >= 4 is 11.6 Å². The zero-order valence-corrected chi connectivity index (χ0v) is 17.0. The van der Waals surface area contributed by atoms with E-state index in [-0.39, 0.29) is 31.1 Å². The molecule has 0 fully saturated rings. The van der Waals surface area contributed by atoms with Gasteiger partial charge in [-0.2, -0.15) is 13.2 Å². The molecular formula is C24H20F4N2O2. The molecule has 0 atom stereocenters. The lowest BCUT2D eigenvalue weighted by molar-refractivity contribution is -0.137. The zero-order chi connectivity index (χ0) is 22.7. The minimum absolute atomic E-state index is 0.0638. The summed E-state index contributed by atoms with van der Waals surface area (Å²) in [6.07, 6.45) is -2.57. The largest absolute Gasteiger partial charge is 0.493 e. The maximum atomic E-state index is 13.2. The fraction of sp³-hybridized carbons (Fsp3) is 0.250. The monoisotopic (exact) mass is 444 g/mol. The number of carbonyl (C=O) groups is 1. The highest BCUT2D eigenvalue weighted by Crippen LogP contribution is 2.31. The van der Waals surface area contributed by atoms with Gasteiger partial charge in [0.1, 0.15) is 11.6 Å². The van der Waals surface area contributed by atoms with Crippen molar-refractivity contribution in [2.24, 2.45) is 0 Å². The van der Waals surface area contributed by atoms with E-state index in [1.807, 2.05) is 12.1 Å². The van der Waals surface area contributed by atoms with Crippen LogP contribution in [0.25, 0.3) is 0 Å². The lowest BCUT2D eigenvalue weighted by atomic mass is 10.1. The molecule has 0 saturated heterocycles. The third-order valence-electron chi connectivity index (χ3n) is 5.30. The van der Waals surface area contributed by atoms with Crippen LogP contribution in [0.5, 0.6) is 5.75 Å². The van der Waals surface area contributed by atoms with Gasteiger partial charge in [-0.25, -0.2) is 4.39 Å². The van der Waals surface area contributed by atoms with Crippen molar-refractivity contribution in [2.45, 2.75) is 25.4 Å². The molecule has 4 rings (SSSR count). The van der Waals surface area contributed by atoms with E-state index in [1.54, 1.807) is 23.1 Å². The molecule has 166 valence electrons. The van der Waals surface area contributed by atoms with Crippen LogP contribution in [0.3, 0.4) is 0 Å². The molecule has 1 aliphatic heterocycles. The van der Waals surface area contributed by atoms with Crippen molar-refractivity contribution in [3.05, 3.63) is 89.0 Å². The number of hydrogen-bond donors (Lipinski definition) is 0. The number of hydrogen-bond acceptors (Lipinski definition) is 3. The first-order valence-electron chi connectivity index (χ1n) is 10.1. The van der Waals surface area contributed by atoms with Crippen molar-refractivity contribution in [1.29, 1.82) is 0 Å². The minimum atomic E-state index is -4.45. The Labute approximate surface area is 182 Å². The first-order chi connectivity index (χ1) is 15.3. The Balaban J connectivity index is 1.54. The molecule has 1 aliphatic rings. The Morgan fingerprint density at radius 2 is 1.84 bits per heavy atom. The normalized spacial score (nSPS) is 12.9. The summed E-state index contributed by atoms with van der Waals surface area (Å²) in [6.45, 7) is 0.815. The van der Waals surface area contributed by atoms with Crippen molar-refractivity contribution < 1.29 is 27.1 Å². The topological polar surface area (TPSA) is 42.4 Å². The van der Waals surface area contributed by atoms with Gasteiger partial charge in [0.2, 0.25) is 5.91 Å². The van der Waals surface area contributed by atoms with E-state index in [9.17, 15) is 22.4 Å². The molecule has 8 heteroatoms. The Morgan fingerprint density at radius 3 is 2.53 bits per heavy atom. The molecule has 32 heavy (non-hydrogen) atoms. The Morgan fingerprint density at radius 1 is 1.06 bits per heavy atom. The summed E-state index contributed by atoms with van der Waals surface area (Å²) in [6, 6.07) is 13.5. The summed E-state index contributed by atoms with van der Waals surface area (Å²) in [4.78, 5) is 18.6. The molecule has 1 aromatic heterocycles. The second kappa shape index (κ2) is 8.98. The smallest absolute Gasteiger partial charge is 0.417 e. The molecule has 1 amide bonds. The average molecular weight is 444 g/mol. The summed E-state index contributed by atoms with van der Waals surface area (Å²) < 4.78 is 57.1. The summed E-state index contributed by atoms with van der Waals surface area (Å²) in [7, 11) is 0. The summed E-state index contributed by atoms with van der Waals surface area (Å²) >= 11 is 0. The number of anilines is 1. The van der Waals surface area contributed by atoms with Gasteiger partial charge in [0.05, 0.1) is 18.6 Å². The van der Waals surface area contributed by atoms with Crippen molar-refractivity contribution in [2.75, 3.05) is 18.1 Å². The number of rotatable bonds is 6. The van der Waals surface area contributed by atoms with Crippen LogP contribution in [0.1, 0.15) is 22.4 Å². The van der Waals surface area contributed by atoms with Gasteiger partial charge in [-0.05, 0) is 53.6 Å². The van der Waals surface area contributed by atoms with Crippen LogP contribution in [-0.2, 0) is 30.2 Å². The van der Waals surface area contributed by atoms with Crippen LogP contribution < -0.4 is 9.64 Å². The molecular weight excluding hydrogens is 424 g/mol. The summed E-state index contributed by atoms with van der Waals surface area (Å²) in [5.74, 6) is 0.191. The molecule has 2 heterocycles. The minimum Gasteiger partial charge on any atom is -0.493 e. The predicted molar refractivity (Wildman–Crippen MR) is 111 cm³/mol. The molecule has 0 aliphatic carbocycles. The van der Waals surface area contributed by atoms with Gasteiger partial charge in [0, 0.05) is 37.0 Å². The number of benzene rings is 2. The van der Waals surface area contributed by atoms with Gasteiger partial charge in [0.15, 0.2) is 0 Å². The highest BCUT2D eigenvalue weighted by molar-refractivity contribution is 5.95. The average Bonchev–Trinajstić information content (AvgIpc) is 3.23. The SMILES string of the molecule is O=C(Cc1ccc(F)cc1)N(CCc1ccc(C(F)(F)F)cn1)c1ccc2c(c1)CCO2. The van der Waals surface area contributed by atoms with E-state index in [4.69, 9.17) is 4.74 Å². The van der Waals surface area contributed by atoms with E-state index >= 15 is 0 Å². The van der Waals surface area contributed by atoms with Gasteiger partial charge in [0.25, 0.3) is 0 Å². The van der Waals surface area contributed by atoms with E-state index in [0.717, 1.165) is 30.0 Å². The van der Waals surface area contributed by atoms with Crippen LogP contribution in [0.4, 0.5) is 23.2 Å². The lowest BCUT2D eigenvalue weighted by Crippen LogP contribution is -2.34. The van der Waals surface area contributed by atoms with E-state index < -0.39 is 11.7 Å². The van der Waals surface area contributed by atoms with E-state index in [1.165, 1.54) is 18.2 Å². The Bertz CT molecular complexity index is 1100. The van der Waals surface area contributed by atoms with Gasteiger partial charge >= 0.3 is 6.18 Å². The van der Waals surface area contributed by atoms with Gasteiger partial charge in [-0.1, -0.05) is 12.1 Å². The third kappa shape index (κ3) is 5.07. The number of alkyl halides is 3. The third-order valence-corrected chi connectivity index (χ3v) is 5.30. The molecule has 0 bridgehead atoms. The molecule has 0 spiro atoms. The molecule has 4 nitrogen and oxygen atoms in total. The number of amides is 1. The second-order valence-electron chi connectivity index (χ2n) is 7.53. The quantitative estimate of drug-likeness (QED) is 0.503. The number of ether oxygens (including phenoxy) is 1. The first-order valence-corrected chi connectivity index (χ1v) is 10.1. The van der Waals surface area contributed by atoms with Crippen LogP contribution in [0.2, 0.25) is 0 Å². The van der Waals surface area contributed by atoms with Crippen molar-refractivity contribution in [3.8, 4) is 5.75 Å². The Kier molecular flexibility index (Phi) is 6.12. The maximum absolute atomic E-state index is 13.2. The highest BCUT2D eigenvalue weighted by atomic mass is 19.4. The van der Waals surface area contributed by atoms with Crippen LogP contribution >= 0.6 is 0 Å². The number of pyridine rings is 1. The Hall–Kier alpha value is -3.42. The number of aromatic nitrogens is 1. The molecule has 0 N–H and O–H groups in total. The highest BCUT2D eigenvalue weighted by Gasteiger charge is 2.30. The second-order valence-corrected chi connectivity index (χ2v) is 7.53. The fourth-order valence-electron chi connectivity index (χ4n) is 3.58. The number of nitrogens with zero attached hydrogens (tertiary/aromatic N) is 2. The zero-order valence-electron chi connectivity index (χ0n) is 17.0.